The standard InChI is InChI=1S/C25H16N2O2S/c28-30(29)22-6-2-1-4-18(22)12-19-9-8-17(14-23(19)30)21-13-20-10-7-16-5-3-11-26-24(16)25(20)27-15-21/h1-11,13-15H,12H2. The predicted octanol–water partition coefficient (Wildman–Crippen LogP) is 5.19. The van der Waals surface area contributed by atoms with Crippen LogP contribution < -0.4 is 0 Å². The zero-order valence-electron chi connectivity index (χ0n) is 15.9. The molecular formula is C25H16N2O2S. The number of rotatable bonds is 1. The highest BCUT2D eigenvalue weighted by atomic mass is 32.2. The van der Waals surface area contributed by atoms with Gasteiger partial charge in [0.2, 0.25) is 9.84 Å². The lowest BCUT2D eigenvalue weighted by Gasteiger charge is -2.20. The van der Waals surface area contributed by atoms with Crippen LogP contribution in [0.3, 0.4) is 0 Å². The number of fused-ring (bicyclic) bond motifs is 5. The van der Waals surface area contributed by atoms with Gasteiger partial charge in [0.1, 0.15) is 0 Å². The Kier molecular flexibility index (Phi) is 3.58. The van der Waals surface area contributed by atoms with E-state index in [0.717, 1.165) is 44.1 Å². The monoisotopic (exact) mass is 408 g/mol. The van der Waals surface area contributed by atoms with Gasteiger partial charge in [-0.3, -0.25) is 9.97 Å². The SMILES string of the molecule is O=S1(=O)c2ccccc2Cc2ccc(-c3cnc4c(ccc5cccnc54)c3)cc21. The molecule has 2 aromatic heterocycles. The Labute approximate surface area is 173 Å². The van der Waals surface area contributed by atoms with Crippen molar-refractivity contribution in [3.05, 3.63) is 96.3 Å². The first-order valence-electron chi connectivity index (χ1n) is 9.71. The number of hydrogen-bond donors (Lipinski definition) is 0. The Hall–Kier alpha value is -3.57. The van der Waals surface area contributed by atoms with Crippen LogP contribution in [0.2, 0.25) is 0 Å². The van der Waals surface area contributed by atoms with E-state index in [4.69, 9.17) is 0 Å². The van der Waals surface area contributed by atoms with E-state index in [2.05, 4.69) is 9.97 Å². The van der Waals surface area contributed by atoms with Crippen molar-refractivity contribution in [2.75, 3.05) is 0 Å². The van der Waals surface area contributed by atoms with Crippen molar-refractivity contribution in [2.45, 2.75) is 16.2 Å². The minimum Gasteiger partial charge on any atom is -0.254 e. The lowest BCUT2D eigenvalue weighted by Crippen LogP contribution is -2.14. The molecule has 0 spiro atoms. The molecule has 3 aromatic carbocycles. The van der Waals surface area contributed by atoms with Crippen LogP contribution in [0.4, 0.5) is 0 Å². The molecule has 0 N–H and O–H groups in total. The highest BCUT2D eigenvalue weighted by molar-refractivity contribution is 7.91. The molecule has 0 fully saturated rings. The third kappa shape index (κ3) is 2.49. The topological polar surface area (TPSA) is 59.9 Å². The second-order valence-corrected chi connectivity index (χ2v) is 9.43. The van der Waals surface area contributed by atoms with Gasteiger partial charge in [-0.1, -0.05) is 48.5 Å². The maximum atomic E-state index is 13.2. The van der Waals surface area contributed by atoms with E-state index in [-0.39, 0.29) is 0 Å². The molecule has 1 aliphatic rings. The first-order chi connectivity index (χ1) is 14.6. The first kappa shape index (κ1) is 17.3. The molecule has 4 nitrogen and oxygen atoms in total. The summed E-state index contributed by atoms with van der Waals surface area (Å²) in [5.41, 5.74) is 5.12. The average Bonchev–Trinajstić information content (AvgIpc) is 2.78. The number of benzene rings is 3. The third-order valence-corrected chi connectivity index (χ3v) is 7.69. The van der Waals surface area contributed by atoms with Gasteiger partial charge in [-0.2, -0.15) is 0 Å². The van der Waals surface area contributed by atoms with Gasteiger partial charge in [0, 0.05) is 35.2 Å². The van der Waals surface area contributed by atoms with Crippen LogP contribution in [-0.4, -0.2) is 18.4 Å². The third-order valence-electron chi connectivity index (χ3n) is 5.76. The number of hydrogen-bond acceptors (Lipinski definition) is 4. The van der Waals surface area contributed by atoms with E-state index < -0.39 is 9.84 Å². The summed E-state index contributed by atoms with van der Waals surface area (Å²) in [6.45, 7) is 0. The van der Waals surface area contributed by atoms with Crippen molar-refractivity contribution < 1.29 is 8.42 Å². The molecule has 0 amide bonds. The maximum absolute atomic E-state index is 13.2. The summed E-state index contributed by atoms with van der Waals surface area (Å²) in [4.78, 5) is 9.92. The van der Waals surface area contributed by atoms with Crippen molar-refractivity contribution in [2.24, 2.45) is 0 Å². The molecule has 0 unspecified atom stereocenters. The van der Waals surface area contributed by atoms with Gasteiger partial charge in [0.05, 0.1) is 20.8 Å². The predicted molar refractivity (Wildman–Crippen MR) is 117 cm³/mol. The number of pyridine rings is 2. The van der Waals surface area contributed by atoms with Gasteiger partial charge >= 0.3 is 0 Å². The summed E-state index contributed by atoms with van der Waals surface area (Å²) in [6.07, 6.45) is 4.18. The van der Waals surface area contributed by atoms with E-state index in [0.29, 0.717) is 16.2 Å². The Bertz CT molecular complexity index is 1590. The molecule has 0 radical (unpaired) electrons. The lowest BCUT2D eigenvalue weighted by atomic mass is 9.99. The summed E-state index contributed by atoms with van der Waals surface area (Å²) < 4.78 is 26.4. The van der Waals surface area contributed by atoms with Gasteiger partial charge in [-0.25, -0.2) is 8.42 Å². The van der Waals surface area contributed by atoms with E-state index >= 15 is 0 Å². The molecule has 1 aliphatic heterocycles. The quantitative estimate of drug-likeness (QED) is 0.352. The molecule has 0 aliphatic carbocycles. The van der Waals surface area contributed by atoms with E-state index in [1.807, 2.05) is 54.6 Å². The molecule has 5 heteroatoms. The smallest absolute Gasteiger partial charge is 0.207 e. The molecule has 0 saturated heterocycles. The van der Waals surface area contributed by atoms with Crippen molar-refractivity contribution in [1.82, 2.24) is 9.97 Å². The fraction of sp³-hybridized carbons (Fsp3) is 0.0400. The second kappa shape index (κ2) is 6.21. The van der Waals surface area contributed by atoms with E-state index in [1.165, 1.54) is 0 Å². The van der Waals surface area contributed by atoms with Crippen LogP contribution in [0.1, 0.15) is 11.1 Å². The molecule has 0 saturated carbocycles. The first-order valence-corrected chi connectivity index (χ1v) is 11.2. The molecule has 5 aromatic rings. The largest absolute Gasteiger partial charge is 0.254 e. The molecule has 3 heterocycles. The van der Waals surface area contributed by atoms with Crippen LogP contribution in [0, 0.1) is 0 Å². The van der Waals surface area contributed by atoms with Crippen LogP contribution in [0.5, 0.6) is 0 Å². The summed E-state index contributed by atoms with van der Waals surface area (Å²) in [5, 5.41) is 2.02. The van der Waals surface area contributed by atoms with Gasteiger partial charge in [-0.05, 0) is 41.0 Å². The highest BCUT2D eigenvalue weighted by Crippen LogP contribution is 2.37. The van der Waals surface area contributed by atoms with E-state index in [9.17, 15) is 8.42 Å². The summed E-state index contributed by atoms with van der Waals surface area (Å²) in [7, 11) is -3.53. The summed E-state index contributed by atoms with van der Waals surface area (Å²) in [6, 6.07) is 22.9. The summed E-state index contributed by atoms with van der Waals surface area (Å²) >= 11 is 0. The second-order valence-electron chi connectivity index (χ2n) is 7.55. The average molecular weight is 408 g/mol. The van der Waals surface area contributed by atoms with E-state index in [1.54, 1.807) is 30.6 Å². The minimum absolute atomic E-state index is 0.388. The van der Waals surface area contributed by atoms with Crippen molar-refractivity contribution >= 4 is 31.6 Å². The number of nitrogens with zero attached hydrogens (tertiary/aromatic N) is 2. The van der Waals surface area contributed by atoms with Gasteiger partial charge in [0.25, 0.3) is 0 Å². The minimum atomic E-state index is -3.53. The van der Waals surface area contributed by atoms with Crippen LogP contribution in [0.25, 0.3) is 32.9 Å². The van der Waals surface area contributed by atoms with Crippen LogP contribution in [-0.2, 0) is 16.3 Å². The van der Waals surface area contributed by atoms with Crippen molar-refractivity contribution in [3.8, 4) is 11.1 Å². The van der Waals surface area contributed by atoms with Crippen LogP contribution >= 0.6 is 0 Å². The van der Waals surface area contributed by atoms with Gasteiger partial charge < -0.3 is 0 Å². The fourth-order valence-corrected chi connectivity index (χ4v) is 6.01. The zero-order chi connectivity index (χ0) is 20.3. The Morgan fingerprint density at radius 2 is 1.47 bits per heavy atom. The fourth-order valence-electron chi connectivity index (χ4n) is 4.26. The number of sulfone groups is 1. The zero-order valence-corrected chi connectivity index (χ0v) is 16.7. The Balaban J connectivity index is 1.51. The van der Waals surface area contributed by atoms with Crippen LogP contribution in [0.15, 0.2) is 95.0 Å². The Morgan fingerprint density at radius 1 is 0.667 bits per heavy atom. The highest BCUT2D eigenvalue weighted by Gasteiger charge is 2.29. The van der Waals surface area contributed by atoms with Gasteiger partial charge in [-0.15, -0.1) is 0 Å². The van der Waals surface area contributed by atoms with Gasteiger partial charge in [0.15, 0.2) is 0 Å². The molecule has 0 bridgehead atoms. The molecule has 144 valence electrons. The normalized spacial score (nSPS) is 14.4. The molecule has 6 rings (SSSR count). The van der Waals surface area contributed by atoms with Crippen molar-refractivity contribution in [1.29, 1.82) is 0 Å². The maximum Gasteiger partial charge on any atom is 0.207 e. The number of aromatic nitrogens is 2. The molecule has 0 atom stereocenters. The molecular weight excluding hydrogens is 392 g/mol. The Morgan fingerprint density at radius 3 is 2.40 bits per heavy atom. The van der Waals surface area contributed by atoms with Crippen molar-refractivity contribution in [3.63, 3.8) is 0 Å². The molecule has 30 heavy (non-hydrogen) atoms. The lowest BCUT2D eigenvalue weighted by molar-refractivity contribution is 0.591. The summed E-state index contributed by atoms with van der Waals surface area (Å²) in [5.74, 6) is 0.